The molecule has 1 N–H and O–H groups in total. The Balaban J connectivity index is 2.02. The number of nitrogens with one attached hydrogen (secondary N) is 1. The molecule has 0 atom stereocenters. The van der Waals surface area contributed by atoms with Crippen LogP contribution in [0.5, 0.6) is 17.2 Å². The molecule has 2 aromatic rings. The van der Waals surface area contributed by atoms with Gasteiger partial charge in [-0.05, 0) is 18.2 Å². The average Bonchev–Trinajstić information content (AvgIpc) is 2.60. The number of alkyl halides is 3. The maximum absolute atomic E-state index is 12.2. The van der Waals surface area contributed by atoms with Gasteiger partial charge >= 0.3 is 6.18 Å². The van der Waals surface area contributed by atoms with Crippen LogP contribution in [0.25, 0.3) is 0 Å². The molecular weight excluding hydrogens is 351 g/mol. The van der Waals surface area contributed by atoms with Gasteiger partial charge in [0, 0.05) is 23.4 Å². The lowest BCUT2D eigenvalue weighted by Gasteiger charge is -2.12. The molecule has 0 fully saturated rings. The molecule has 2 rings (SSSR count). The molecule has 8 heteroatoms. The van der Waals surface area contributed by atoms with Gasteiger partial charge in [-0.1, -0.05) is 12.1 Å². The fourth-order valence-electron chi connectivity index (χ4n) is 2.20. The Kier molecular flexibility index (Phi) is 6.32. The van der Waals surface area contributed by atoms with Crippen LogP contribution in [0.2, 0.25) is 0 Å². The van der Waals surface area contributed by atoms with Crippen LogP contribution in [0.4, 0.5) is 18.9 Å². The molecule has 0 unspecified atom stereocenters. The largest absolute Gasteiger partial charge is 0.497 e. The molecule has 2 aromatic carbocycles. The number of methoxy groups -OCH3 is 2. The van der Waals surface area contributed by atoms with E-state index in [1.807, 2.05) is 0 Å². The van der Waals surface area contributed by atoms with E-state index in [-0.39, 0.29) is 18.1 Å². The topological polar surface area (TPSA) is 56.8 Å². The lowest BCUT2D eigenvalue weighted by Crippen LogP contribution is -2.19. The van der Waals surface area contributed by atoms with Crippen LogP contribution in [-0.4, -0.2) is 32.9 Å². The summed E-state index contributed by atoms with van der Waals surface area (Å²) in [6.45, 7) is -1.40. The van der Waals surface area contributed by atoms with E-state index in [1.165, 1.54) is 32.4 Å². The van der Waals surface area contributed by atoms with Gasteiger partial charge < -0.3 is 19.5 Å². The Hall–Kier alpha value is -2.90. The second-order valence-electron chi connectivity index (χ2n) is 5.33. The number of hydrogen-bond donors (Lipinski definition) is 1. The summed E-state index contributed by atoms with van der Waals surface area (Å²) in [5.41, 5.74) is 0.984. The number of carbonyl (C=O) groups excluding carboxylic acids is 1. The Bertz CT molecular complexity index is 762. The number of amides is 1. The number of carbonyl (C=O) groups is 1. The highest BCUT2D eigenvalue weighted by atomic mass is 19.4. The first kappa shape index (κ1) is 19.4. The van der Waals surface area contributed by atoms with Crippen LogP contribution in [-0.2, 0) is 11.2 Å². The average molecular weight is 369 g/mol. The zero-order chi connectivity index (χ0) is 19.2. The zero-order valence-corrected chi connectivity index (χ0v) is 14.2. The summed E-state index contributed by atoms with van der Waals surface area (Å²) in [6, 6.07) is 10.8. The molecule has 1 amide bonds. The molecule has 0 spiro atoms. The van der Waals surface area contributed by atoms with Crippen molar-refractivity contribution in [2.24, 2.45) is 0 Å². The summed E-state index contributed by atoms with van der Waals surface area (Å²) in [7, 11) is 3.01. The van der Waals surface area contributed by atoms with Crippen molar-refractivity contribution < 1.29 is 32.2 Å². The highest BCUT2D eigenvalue weighted by Crippen LogP contribution is 2.26. The third-order valence-electron chi connectivity index (χ3n) is 3.37. The van der Waals surface area contributed by atoms with Crippen molar-refractivity contribution in [1.29, 1.82) is 0 Å². The van der Waals surface area contributed by atoms with E-state index in [0.29, 0.717) is 22.7 Å². The van der Waals surface area contributed by atoms with Gasteiger partial charge in [-0.25, -0.2) is 0 Å². The minimum Gasteiger partial charge on any atom is -0.497 e. The Morgan fingerprint density at radius 2 is 1.81 bits per heavy atom. The molecule has 0 aliphatic carbocycles. The number of rotatable bonds is 7. The SMILES string of the molecule is COc1ccc(CC(=O)Nc2cccc(OCC(F)(F)F)c2)c(OC)c1. The molecule has 0 aromatic heterocycles. The minimum absolute atomic E-state index is 0.0159. The molecule has 0 heterocycles. The van der Waals surface area contributed by atoms with Gasteiger partial charge in [0.2, 0.25) is 5.91 Å². The van der Waals surface area contributed by atoms with Gasteiger partial charge in [0.25, 0.3) is 0 Å². The van der Waals surface area contributed by atoms with Crippen LogP contribution < -0.4 is 19.5 Å². The molecule has 5 nitrogen and oxygen atoms in total. The summed E-state index contributed by atoms with van der Waals surface area (Å²) in [5, 5.41) is 2.62. The maximum Gasteiger partial charge on any atom is 0.422 e. The van der Waals surface area contributed by atoms with Crippen LogP contribution in [0, 0.1) is 0 Å². The van der Waals surface area contributed by atoms with E-state index in [2.05, 4.69) is 10.1 Å². The molecule has 0 saturated carbocycles. The van der Waals surface area contributed by atoms with Crippen LogP contribution >= 0.6 is 0 Å². The van der Waals surface area contributed by atoms with E-state index in [4.69, 9.17) is 9.47 Å². The monoisotopic (exact) mass is 369 g/mol. The first-order valence-electron chi connectivity index (χ1n) is 7.61. The van der Waals surface area contributed by atoms with Crippen molar-refractivity contribution in [3.05, 3.63) is 48.0 Å². The molecule has 140 valence electrons. The molecule has 0 bridgehead atoms. The van der Waals surface area contributed by atoms with E-state index in [1.54, 1.807) is 24.3 Å². The molecule has 0 aliphatic rings. The summed E-state index contributed by atoms with van der Waals surface area (Å²) < 4.78 is 51.6. The highest BCUT2D eigenvalue weighted by molar-refractivity contribution is 5.92. The van der Waals surface area contributed by atoms with E-state index < -0.39 is 12.8 Å². The second-order valence-corrected chi connectivity index (χ2v) is 5.33. The summed E-state index contributed by atoms with van der Waals surface area (Å²) in [4.78, 5) is 12.2. The van der Waals surface area contributed by atoms with Gasteiger partial charge in [-0.3, -0.25) is 4.79 Å². The number of anilines is 1. The van der Waals surface area contributed by atoms with Gasteiger partial charge in [-0.2, -0.15) is 13.2 Å². The summed E-state index contributed by atoms with van der Waals surface area (Å²) in [5.74, 6) is 0.769. The summed E-state index contributed by atoms with van der Waals surface area (Å²) >= 11 is 0. The molecular formula is C18H18F3NO4. The molecule has 0 saturated heterocycles. The van der Waals surface area contributed by atoms with E-state index in [9.17, 15) is 18.0 Å². The Labute approximate surface area is 148 Å². The third kappa shape index (κ3) is 5.87. The lowest BCUT2D eigenvalue weighted by atomic mass is 10.1. The van der Waals surface area contributed by atoms with Crippen molar-refractivity contribution in [3.63, 3.8) is 0 Å². The minimum atomic E-state index is -4.43. The standard InChI is InChI=1S/C18H18F3NO4/c1-24-14-7-6-12(16(10-14)25-2)8-17(23)22-13-4-3-5-15(9-13)26-11-18(19,20)21/h3-7,9-10H,8,11H2,1-2H3,(H,22,23). The molecule has 26 heavy (non-hydrogen) atoms. The Morgan fingerprint density at radius 1 is 1.04 bits per heavy atom. The number of ether oxygens (including phenoxy) is 3. The predicted molar refractivity (Wildman–Crippen MR) is 89.9 cm³/mol. The molecule has 0 radical (unpaired) electrons. The fourth-order valence-corrected chi connectivity index (χ4v) is 2.20. The van der Waals surface area contributed by atoms with Gasteiger partial charge in [0.1, 0.15) is 17.2 Å². The van der Waals surface area contributed by atoms with Crippen molar-refractivity contribution in [3.8, 4) is 17.2 Å². The zero-order valence-electron chi connectivity index (χ0n) is 14.2. The van der Waals surface area contributed by atoms with Crippen LogP contribution in [0.1, 0.15) is 5.56 Å². The lowest BCUT2D eigenvalue weighted by molar-refractivity contribution is -0.153. The van der Waals surface area contributed by atoms with Crippen molar-refractivity contribution in [2.75, 3.05) is 26.1 Å². The van der Waals surface area contributed by atoms with Gasteiger partial charge in [0.15, 0.2) is 6.61 Å². The normalized spacial score (nSPS) is 11.0. The predicted octanol–water partition coefficient (Wildman–Crippen LogP) is 3.83. The van der Waals surface area contributed by atoms with E-state index in [0.717, 1.165) is 0 Å². The second kappa shape index (κ2) is 8.46. The maximum atomic E-state index is 12.2. The smallest absolute Gasteiger partial charge is 0.422 e. The first-order chi connectivity index (χ1) is 12.3. The number of benzene rings is 2. The highest BCUT2D eigenvalue weighted by Gasteiger charge is 2.28. The van der Waals surface area contributed by atoms with Crippen LogP contribution in [0.3, 0.4) is 0 Å². The van der Waals surface area contributed by atoms with Crippen molar-refractivity contribution >= 4 is 11.6 Å². The van der Waals surface area contributed by atoms with Gasteiger partial charge in [0.05, 0.1) is 20.6 Å². The first-order valence-corrected chi connectivity index (χ1v) is 7.61. The summed E-state index contributed by atoms with van der Waals surface area (Å²) in [6.07, 6.45) is -4.40. The van der Waals surface area contributed by atoms with E-state index >= 15 is 0 Å². The molecule has 0 aliphatic heterocycles. The quantitative estimate of drug-likeness (QED) is 0.806. The third-order valence-corrected chi connectivity index (χ3v) is 3.37. The fraction of sp³-hybridized carbons (Fsp3) is 0.278. The van der Waals surface area contributed by atoms with Crippen LogP contribution in [0.15, 0.2) is 42.5 Å². The van der Waals surface area contributed by atoms with Crippen molar-refractivity contribution in [2.45, 2.75) is 12.6 Å². The number of halogens is 3. The Morgan fingerprint density at radius 3 is 2.46 bits per heavy atom. The van der Waals surface area contributed by atoms with Gasteiger partial charge in [-0.15, -0.1) is 0 Å². The van der Waals surface area contributed by atoms with Crippen molar-refractivity contribution in [1.82, 2.24) is 0 Å². The number of hydrogen-bond acceptors (Lipinski definition) is 4.